The average molecular weight is 442 g/mol. The van der Waals surface area contributed by atoms with E-state index in [2.05, 4.69) is 16.1 Å². The van der Waals surface area contributed by atoms with Crippen molar-refractivity contribution < 1.29 is 17.9 Å². The molecule has 0 aliphatic rings. The summed E-state index contributed by atoms with van der Waals surface area (Å²) in [5.41, 5.74) is 1.77. The first-order chi connectivity index (χ1) is 14.2. The van der Waals surface area contributed by atoms with Crippen molar-refractivity contribution in [2.45, 2.75) is 18.7 Å². The second-order valence-corrected chi connectivity index (χ2v) is 9.32. The molecule has 7 nitrogen and oxygen atoms in total. The third-order valence-electron chi connectivity index (χ3n) is 4.47. The molecular weight excluding hydrogens is 422 g/mol. The molecule has 0 fully saturated rings. The molecule has 1 amide bonds. The van der Waals surface area contributed by atoms with E-state index in [4.69, 9.17) is 4.74 Å². The molecule has 2 N–H and O–H groups in total. The number of carbonyl (C=O) groups excluding carboxylic acids is 1. The van der Waals surface area contributed by atoms with Crippen LogP contribution in [0.3, 0.4) is 0 Å². The number of nitriles is 1. The zero-order valence-electron chi connectivity index (χ0n) is 16.5. The van der Waals surface area contributed by atoms with E-state index in [0.29, 0.717) is 16.3 Å². The van der Waals surface area contributed by atoms with Gasteiger partial charge >= 0.3 is 0 Å². The van der Waals surface area contributed by atoms with Gasteiger partial charge in [0.1, 0.15) is 16.8 Å². The number of carbonyl (C=O) groups is 1. The monoisotopic (exact) mass is 441 g/mol. The van der Waals surface area contributed by atoms with E-state index in [1.165, 1.54) is 36.6 Å². The van der Waals surface area contributed by atoms with E-state index in [0.717, 1.165) is 10.4 Å². The molecule has 0 unspecified atom stereocenters. The summed E-state index contributed by atoms with van der Waals surface area (Å²) in [6.07, 6.45) is 0. The van der Waals surface area contributed by atoms with Crippen molar-refractivity contribution >= 4 is 38.0 Å². The topological polar surface area (TPSA) is 108 Å². The number of ether oxygens (including phenoxy) is 1. The lowest BCUT2D eigenvalue weighted by Gasteiger charge is -2.10. The molecule has 2 aromatic carbocycles. The van der Waals surface area contributed by atoms with E-state index < -0.39 is 15.9 Å². The van der Waals surface area contributed by atoms with Crippen LogP contribution in [0.25, 0.3) is 0 Å². The molecule has 30 heavy (non-hydrogen) atoms. The molecule has 3 aromatic rings. The number of hydrogen-bond acceptors (Lipinski definition) is 6. The van der Waals surface area contributed by atoms with Crippen LogP contribution >= 0.6 is 11.3 Å². The van der Waals surface area contributed by atoms with Crippen molar-refractivity contribution in [2.24, 2.45) is 0 Å². The van der Waals surface area contributed by atoms with Gasteiger partial charge in [0.15, 0.2) is 0 Å². The number of anilines is 2. The molecule has 0 aliphatic heterocycles. The molecule has 0 atom stereocenters. The van der Waals surface area contributed by atoms with Gasteiger partial charge in [-0.05, 0) is 61.9 Å². The van der Waals surface area contributed by atoms with Crippen LogP contribution in [-0.2, 0) is 10.0 Å². The molecule has 1 aromatic heterocycles. The Hall–Kier alpha value is -3.35. The maximum atomic E-state index is 12.7. The second kappa shape index (κ2) is 8.57. The number of benzene rings is 2. The maximum absolute atomic E-state index is 12.7. The molecule has 0 saturated heterocycles. The number of thiophene rings is 1. The van der Waals surface area contributed by atoms with Gasteiger partial charge < -0.3 is 10.1 Å². The normalized spacial score (nSPS) is 10.9. The van der Waals surface area contributed by atoms with Crippen molar-refractivity contribution in [1.82, 2.24) is 0 Å². The fourth-order valence-electron chi connectivity index (χ4n) is 2.72. The van der Waals surface area contributed by atoms with E-state index >= 15 is 0 Å². The first-order valence-electron chi connectivity index (χ1n) is 8.83. The van der Waals surface area contributed by atoms with Crippen LogP contribution in [0, 0.1) is 25.2 Å². The summed E-state index contributed by atoms with van der Waals surface area (Å²) in [6.45, 7) is 3.71. The molecule has 1 heterocycles. The minimum absolute atomic E-state index is 0.0707. The number of amides is 1. The predicted molar refractivity (Wildman–Crippen MR) is 117 cm³/mol. The number of methoxy groups -OCH3 is 1. The second-order valence-electron chi connectivity index (χ2n) is 6.42. The first-order valence-corrected chi connectivity index (χ1v) is 11.1. The van der Waals surface area contributed by atoms with Crippen LogP contribution in [0.15, 0.2) is 53.4 Å². The summed E-state index contributed by atoms with van der Waals surface area (Å²) in [5.74, 6) is 0.113. The molecule has 0 spiro atoms. The Morgan fingerprint density at radius 3 is 2.47 bits per heavy atom. The van der Waals surface area contributed by atoms with Crippen molar-refractivity contribution in [3.05, 3.63) is 70.1 Å². The van der Waals surface area contributed by atoms with Gasteiger partial charge in [0.25, 0.3) is 15.9 Å². The zero-order chi connectivity index (χ0) is 21.9. The van der Waals surface area contributed by atoms with Crippen LogP contribution in [0.2, 0.25) is 0 Å². The predicted octanol–water partition coefficient (Wildman–Crippen LogP) is 4.30. The van der Waals surface area contributed by atoms with E-state index in [1.807, 2.05) is 13.8 Å². The highest BCUT2D eigenvalue weighted by Crippen LogP contribution is 2.32. The summed E-state index contributed by atoms with van der Waals surface area (Å²) in [6, 6.07) is 14.2. The highest BCUT2D eigenvalue weighted by atomic mass is 32.2. The fraction of sp³-hybridized carbons (Fsp3) is 0.143. The van der Waals surface area contributed by atoms with Gasteiger partial charge in [0.05, 0.1) is 17.6 Å². The van der Waals surface area contributed by atoms with Crippen LogP contribution in [0.5, 0.6) is 5.75 Å². The number of nitrogens with zero attached hydrogens (tertiary/aromatic N) is 1. The lowest BCUT2D eigenvalue weighted by Crippen LogP contribution is -2.15. The summed E-state index contributed by atoms with van der Waals surface area (Å²) < 4.78 is 32.7. The average Bonchev–Trinajstić information content (AvgIpc) is 3.00. The Bertz CT molecular complexity index is 1240. The molecule has 0 aliphatic carbocycles. The lowest BCUT2D eigenvalue weighted by atomic mass is 10.1. The number of rotatable bonds is 6. The summed E-state index contributed by atoms with van der Waals surface area (Å²) in [4.78, 5) is 13.7. The Kier molecular flexibility index (Phi) is 6.10. The van der Waals surface area contributed by atoms with Crippen LogP contribution in [0.4, 0.5) is 10.7 Å². The molecule has 0 bridgehead atoms. The minimum Gasteiger partial charge on any atom is -0.497 e. The van der Waals surface area contributed by atoms with Gasteiger partial charge in [-0.25, -0.2) is 8.42 Å². The van der Waals surface area contributed by atoms with Crippen LogP contribution in [0.1, 0.15) is 26.4 Å². The standard InChI is InChI=1S/C21H19N3O4S2/c1-13-14(2)29-21(19(13)12-22)23-20(25)15-5-4-6-16(11-15)24-30(26,27)18-9-7-17(28-3)8-10-18/h4-11,24H,1-3H3,(H,23,25). The maximum Gasteiger partial charge on any atom is 0.261 e. The number of nitrogens with one attached hydrogen (secondary N) is 2. The third-order valence-corrected chi connectivity index (χ3v) is 6.99. The quantitative estimate of drug-likeness (QED) is 0.593. The number of sulfonamides is 1. The SMILES string of the molecule is COc1ccc(S(=O)(=O)Nc2cccc(C(=O)Nc3sc(C)c(C)c3C#N)c2)cc1. The highest BCUT2D eigenvalue weighted by molar-refractivity contribution is 7.92. The summed E-state index contributed by atoms with van der Waals surface area (Å²) >= 11 is 1.33. The van der Waals surface area contributed by atoms with E-state index in [1.54, 1.807) is 30.3 Å². The number of aryl methyl sites for hydroxylation is 1. The number of hydrogen-bond donors (Lipinski definition) is 2. The first kappa shape index (κ1) is 21.4. The van der Waals surface area contributed by atoms with E-state index in [9.17, 15) is 18.5 Å². The molecular formula is C21H19N3O4S2. The third kappa shape index (κ3) is 4.45. The Labute approximate surface area is 179 Å². The smallest absolute Gasteiger partial charge is 0.261 e. The van der Waals surface area contributed by atoms with Gasteiger partial charge in [-0.2, -0.15) is 5.26 Å². The largest absolute Gasteiger partial charge is 0.497 e. The van der Waals surface area contributed by atoms with Crippen molar-refractivity contribution in [3.8, 4) is 11.8 Å². The minimum atomic E-state index is -3.83. The molecule has 0 radical (unpaired) electrons. The van der Waals surface area contributed by atoms with Crippen molar-refractivity contribution in [3.63, 3.8) is 0 Å². The fourth-order valence-corrected chi connectivity index (χ4v) is 4.77. The zero-order valence-corrected chi connectivity index (χ0v) is 18.1. The van der Waals surface area contributed by atoms with Gasteiger partial charge in [-0.1, -0.05) is 6.07 Å². The Balaban J connectivity index is 1.81. The Morgan fingerprint density at radius 2 is 1.83 bits per heavy atom. The molecule has 0 saturated carbocycles. The molecule has 9 heteroatoms. The van der Waals surface area contributed by atoms with Gasteiger partial charge in [0, 0.05) is 16.1 Å². The molecule has 154 valence electrons. The highest BCUT2D eigenvalue weighted by Gasteiger charge is 2.18. The summed E-state index contributed by atoms with van der Waals surface area (Å²) in [7, 11) is -2.33. The van der Waals surface area contributed by atoms with Crippen molar-refractivity contribution in [1.29, 1.82) is 5.26 Å². The van der Waals surface area contributed by atoms with Crippen LogP contribution in [-0.4, -0.2) is 21.4 Å². The Morgan fingerprint density at radius 1 is 1.13 bits per heavy atom. The van der Waals surface area contributed by atoms with Crippen LogP contribution < -0.4 is 14.8 Å². The lowest BCUT2D eigenvalue weighted by molar-refractivity contribution is 0.102. The van der Waals surface area contributed by atoms with Gasteiger partial charge in [-0.3, -0.25) is 9.52 Å². The van der Waals surface area contributed by atoms with Crippen molar-refractivity contribution in [2.75, 3.05) is 17.1 Å². The van der Waals surface area contributed by atoms with Gasteiger partial charge in [0.2, 0.25) is 0 Å². The molecule has 3 rings (SSSR count). The summed E-state index contributed by atoms with van der Waals surface area (Å²) in [5, 5.41) is 12.5. The van der Waals surface area contributed by atoms with E-state index in [-0.39, 0.29) is 16.1 Å². The van der Waals surface area contributed by atoms with Gasteiger partial charge in [-0.15, -0.1) is 11.3 Å².